The first-order valence-corrected chi connectivity index (χ1v) is 12.4. The number of nitrogens with zero attached hydrogens (tertiary/aromatic N) is 2. The van der Waals surface area contributed by atoms with Crippen molar-refractivity contribution in [2.24, 2.45) is 0 Å². The predicted molar refractivity (Wildman–Crippen MR) is 138 cm³/mol. The monoisotopic (exact) mass is 497 g/mol. The molecule has 2 aromatic heterocycles. The molecule has 1 aliphatic rings. The SMILES string of the molecule is CCc1cccc2c(/C=C3\SC(=S)N(Cc4ccco4)C3=O)cn(CC(=O)NCCCOC)c12. The van der Waals surface area contributed by atoms with Gasteiger partial charge in [-0.05, 0) is 36.6 Å². The molecule has 1 saturated heterocycles. The van der Waals surface area contributed by atoms with Gasteiger partial charge in [0.2, 0.25) is 5.91 Å². The van der Waals surface area contributed by atoms with Gasteiger partial charge >= 0.3 is 0 Å². The Hall–Kier alpha value is -2.88. The van der Waals surface area contributed by atoms with Crippen LogP contribution in [-0.4, -0.2) is 45.9 Å². The van der Waals surface area contributed by atoms with E-state index in [1.807, 2.05) is 35.0 Å². The Balaban J connectivity index is 1.61. The summed E-state index contributed by atoms with van der Waals surface area (Å²) in [5.74, 6) is 0.475. The fourth-order valence-corrected chi connectivity index (χ4v) is 5.23. The van der Waals surface area contributed by atoms with Gasteiger partial charge in [0.15, 0.2) is 0 Å². The summed E-state index contributed by atoms with van der Waals surface area (Å²) in [6.07, 6.45) is 6.99. The van der Waals surface area contributed by atoms with Crippen LogP contribution in [0.15, 0.2) is 52.1 Å². The number of benzene rings is 1. The minimum atomic E-state index is -0.144. The zero-order valence-corrected chi connectivity index (χ0v) is 20.8. The maximum atomic E-state index is 13.1. The molecule has 9 heteroatoms. The summed E-state index contributed by atoms with van der Waals surface area (Å²) in [5, 5.41) is 3.95. The van der Waals surface area contributed by atoms with E-state index >= 15 is 0 Å². The fourth-order valence-electron chi connectivity index (χ4n) is 3.98. The van der Waals surface area contributed by atoms with Crippen molar-refractivity contribution in [2.75, 3.05) is 20.3 Å². The van der Waals surface area contributed by atoms with Gasteiger partial charge in [-0.3, -0.25) is 14.5 Å². The topological polar surface area (TPSA) is 76.7 Å². The molecular weight excluding hydrogens is 470 g/mol. The number of thioether (sulfide) groups is 1. The molecule has 0 saturated carbocycles. The van der Waals surface area contributed by atoms with Gasteiger partial charge in [0.1, 0.15) is 16.6 Å². The van der Waals surface area contributed by atoms with Crippen molar-refractivity contribution in [3.05, 3.63) is 64.6 Å². The van der Waals surface area contributed by atoms with E-state index in [4.69, 9.17) is 21.4 Å². The third-order valence-corrected chi connectivity index (χ3v) is 6.99. The molecule has 0 unspecified atom stereocenters. The van der Waals surface area contributed by atoms with E-state index in [0.29, 0.717) is 34.7 Å². The van der Waals surface area contributed by atoms with Gasteiger partial charge in [0, 0.05) is 37.4 Å². The highest BCUT2D eigenvalue weighted by molar-refractivity contribution is 8.26. The summed E-state index contributed by atoms with van der Waals surface area (Å²) in [7, 11) is 1.65. The number of rotatable bonds is 10. The molecule has 178 valence electrons. The van der Waals surface area contributed by atoms with Crippen LogP contribution in [0.2, 0.25) is 0 Å². The molecule has 0 radical (unpaired) electrons. The summed E-state index contributed by atoms with van der Waals surface area (Å²) in [6.45, 7) is 3.77. The lowest BCUT2D eigenvalue weighted by atomic mass is 10.1. The summed E-state index contributed by atoms with van der Waals surface area (Å²) in [5.41, 5.74) is 3.04. The minimum absolute atomic E-state index is 0.0600. The van der Waals surface area contributed by atoms with E-state index in [0.717, 1.165) is 34.9 Å². The molecule has 0 aliphatic carbocycles. The number of aryl methyl sites for hydroxylation is 1. The number of nitrogens with one attached hydrogen (secondary N) is 1. The fraction of sp³-hybridized carbons (Fsp3) is 0.320. The van der Waals surface area contributed by atoms with E-state index in [1.165, 1.54) is 11.8 Å². The Morgan fingerprint density at radius 2 is 2.15 bits per heavy atom. The van der Waals surface area contributed by atoms with E-state index < -0.39 is 0 Å². The lowest BCUT2D eigenvalue weighted by Crippen LogP contribution is -2.28. The molecule has 2 amide bonds. The van der Waals surface area contributed by atoms with Crippen LogP contribution >= 0.6 is 24.0 Å². The second kappa shape index (κ2) is 11.0. The van der Waals surface area contributed by atoms with Crippen molar-refractivity contribution in [1.29, 1.82) is 0 Å². The van der Waals surface area contributed by atoms with Gasteiger partial charge in [0.25, 0.3) is 5.91 Å². The standard InChI is InChI=1S/C25H27N3O4S2/c1-3-17-7-4-9-20-18(14-27(23(17)20)16-22(29)26-10-6-11-31-2)13-21-24(30)28(25(33)34-21)15-19-8-5-12-32-19/h4-5,7-9,12-14H,3,6,10-11,15-16H2,1-2H3,(H,26,29)/b21-13-. The second-order valence-electron chi connectivity index (χ2n) is 7.92. The summed E-state index contributed by atoms with van der Waals surface area (Å²) >= 11 is 6.74. The van der Waals surface area contributed by atoms with Crippen LogP contribution < -0.4 is 5.32 Å². The molecule has 0 atom stereocenters. The van der Waals surface area contributed by atoms with Crippen molar-refractivity contribution in [3.63, 3.8) is 0 Å². The number of furan rings is 1. The van der Waals surface area contributed by atoms with Crippen molar-refractivity contribution < 1.29 is 18.7 Å². The third-order valence-electron chi connectivity index (χ3n) is 5.61. The normalized spacial score (nSPS) is 15.1. The Labute approximate surface area is 208 Å². The number of para-hydroxylation sites is 1. The molecule has 4 rings (SSSR count). The second-order valence-corrected chi connectivity index (χ2v) is 9.60. The highest BCUT2D eigenvalue weighted by atomic mass is 32.2. The number of ether oxygens (including phenoxy) is 1. The van der Waals surface area contributed by atoms with E-state index in [9.17, 15) is 9.59 Å². The average molecular weight is 498 g/mol. The Bertz CT molecular complexity index is 1230. The van der Waals surface area contributed by atoms with Crippen molar-refractivity contribution in [2.45, 2.75) is 32.9 Å². The van der Waals surface area contributed by atoms with Crippen molar-refractivity contribution >= 4 is 57.1 Å². The lowest BCUT2D eigenvalue weighted by Gasteiger charge is -2.11. The average Bonchev–Trinajstić information content (AvgIpc) is 3.53. The van der Waals surface area contributed by atoms with Gasteiger partial charge < -0.3 is 19.0 Å². The number of methoxy groups -OCH3 is 1. The zero-order valence-electron chi connectivity index (χ0n) is 19.2. The number of fused-ring (bicyclic) bond motifs is 1. The number of hydrogen-bond acceptors (Lipinski definition) is 6. The first-order valence-electron chi connectivity index (χ1n) is 11.2. The number of thiocarbonyl (C=S) groups is 1. The quantitative estimate of drug-likeness (QED) is 0.255. The molecule has 3 aromatic rings. The number of hydrogen-bond donors (Lipinski definition) is 1. The summed E-state index contributed by atoms with van der Waals surface area (Å²) in [6, 6.07) is 9.72. The Kier molecular flexibility index (Phi) is 7.87. The maximum Gasteiger partial charge on any atom is 0.266 e. The smallest absolute Gasteiger partial charge is 0.266 e. The van der Waals surface area contributed by atoms with Crippen LogP contribution in [-0.2, 0) is 33.8 Å². The van der Waals surface area contributed by atoms with E-state index in [1.54, 1.807) is 24.3 Å². The van der Waals surface area contributed by atoms with Gasteiger partial charge in [-0.2, -0.15) is 0 Å². The molecule has 34 heavy (non-hydrogen) atoms. The molecule has 1 aromatic carbocycles. The van der Waals surface area contributed by atoms with Crippen LogP contribution in [0.25, 0.3) is 17.0 Å². The summed E-state index contributed by atoms with van der Waals surface area (Å²) < 4.78 is 12.9. The van der Waals surface area contributed by atoms with E-state index in [2.05, 4.69) is 18.3 Å². The molecule has 0 spiro atoms. The number of amides is 2. The third kappa shape index (κ3) is 5.27. The van der Waals surface area contributed by atoms with Crippen LogP contribution in [0.4, 0.5) is 0 Å². The molecule has 1 fully saturated rings. The molecule has 3 heterocycles. The van der Waals surface area contributed by atoms with Crippen molar-refractivity contribution in [3.8, 4) is 0 Å². The van der Waals surface area contributed by atoms with Gasteiger partial charge in [0.05, 0.1) is 23.2 Å². The first-order chi connectivity index (χ1) is 16.5. The molecule has 7 nitrogen and oxygen atoms in total. The first kappa shape index (κ1) is 24.3. The Morgan fingerprint density at radius 3 is 2.88 bits per heavy atom. The highest BCUT2D eigenvalue weighted by Crippen LogP contribution is 2.36. The number of carbonyl (C=O) groups is 2. The van der Waals surface area contributed by atoms with Gasteiger partial charge in [-0.25, -0.2) is 0 Å². The molecule has 1 aliphatic heterocycles. The maximum absolute atomic E-state index is 13.1. The van der Waals surface area contributed by atoms with Gasteiger partial charge in [-0.15, -0.1) is 0 Å². The zero-order chi connectivity index (χ0) is 24.1. The Morgan fingerprint density at radius 1 is 1.29 bits per heavy atom. The largest absolute Gasteiger partial charge is 0.467 e. The molecule has 1 N–H and O–H groups in total. The van der Waals surface area contributed by atoms with Crippen molar-refractivity contribution in [1.82, 2.24) is 14.8 Å². The van der Waals surface area contributed by atoms with Crippen LogP contribution in [0.5, 0.6) is 0 Å². The summed E-state index contributed by atoms with van der Waals surface area (Å²) in [4.78, 5) is 27.8. The number of carbonyl (C=O) groups excluding carboxylic acids is 2. The van der Waals surface area contributed by atoms with Crippen LogP contribution in [0.1, 0.15) is 30.2 Å². The molecular formula is C25H27N3O4S2. The minimum Gasteiger partial charge on any atom is -0.467 e. The predicted octanol–water partition coefficient (Wildman–Crippen LogP) is 4.35. The van der Waals surface area contributed by atoms with Crippen LogP contribution in [0.3, 0.4) is 0 Å². The number of aromatic nitrogens is 1. The lowest BCUT2D eigenvalue weighted by molar-refractivity contribution is -0.123. The molecule has 0 bridgehead atoms. The van der Waals surface area contributed by atoms with Crippen LogP contribution in [0, 0.1) is 0 Å². The van der Waals surface area contributed by atoms with E-state index in [-0.39, 0.29) is 18.4 Å². The highest BCUT2D eigenvalue weighted by Gasteiger charge is 2.33. The van der Waals surface area contributed by atoms with Gasteiger partial charge in [-0.1, -0.05) is 49.1 Å².